The van der Waals surface area contributed by atoms with Gasteiger partial charge in [0.05, 0.1) is 28.3 Å². The van der Waals surface area contributed by atoms with E-state index in [2.05, 4.69) is 9.46 Å². The third kappa shape index (κ3) is 3.96. The normalized spacial score (nSPS) is 11.1. The average Bonchev–Trinajstić information content (AvgIpc) is 2.50. The van der Waals surface area contributed by atoms with Crippen molar-refractivity contribution in [1.82, 2.24) is 0 Å². The van der Waals surface area contributed by atoms with Gasteiger partial charge in [-0.1, -0.05) is 29.3 Å². The molecule has 8 heteroatoms. The summed E-state index contributed by atoms with van der Waals surface area (Å²) < 4.78 is 31.9. The second-order valence-corrected chi connectivity index (χ2v) is 7.22. The van der Waals surface area contributed by atoms with Gasteiger partial charge in [0.15, 0.2) is 0 Å². The second-order valence-electron chi connectivity index (χ2n) is 4.70. The minimum atomic E-state index is -3.93. The van der Waals surface area contributed by atoms with Crippen LogP contribution in [0.15, 0.2) is 41.3 Å². The topological polar surface area (TPSA) is 72.5 Å². The maximum atomic E-state index is 12.5. The number of rotatable bonds is 4. The summed E-state index contributed by atoms with van der Waals surface area (Å²) in [5, 5.41) is 0.546. The van der Waals surface area contributed by atoms with Gasteiger partial charge in [0.2, 0.25) is 0 Å². The van der Waals surface area contributed by atoms with Gasteiger partial charge in [-0.25, -0.2) is 13.2 Å². The van der Waals surface area contributed by atoms with Gasteiger partial charge in [0.25, 0.3) is 10.0 Å². The molecule has 23 heavy (non-hydrogen) atoms. The first-order valence-electron chi connectivity index (χ1n) is 6.41. The maximum Gasteiger partial charge on any atom is 0.338 e. The summed E-state index contributed by atoms with van der Waals surface area (Å²) in [4.78, 5) is 11.6. The van der Waals surface area contributed by atoms with E-state index in [1.165, 1.54) is 37.4 Å². The number of carbonyl (C=O) groups is 1. The number of hydrogen-bond donors (Lipinski definition) is 1. The van der Waals surface area contributed by atoms with Gasteiger partial charge < -0.3 is 4.74 Å². The Labute approximate surface area is 144 Å². The van der Waals surface area contributed by atoms with Gasteiger partial charge in [-0.05, 0) is 42.8 Å². The Balaban J connectivity index is 2.44. The molecule has 5 nitrogen and oxygen atoms in total. The minimum Gasteiger partial charge on any atom is -0.465 e. The van der Waals surface area contributed by atoms with Gasteiger partial charge >= 0.3 is 5.97 Å². The molecule has 0 saturated heterocycles. The molecule has 0 atom stereocenters. The molecular formula is C15H13Cl2NO4S. The average molecular weight is 374 g/mol. The van der Waals surface area contributed by atoms with Crippen LogP contribution in [-0.2, 0) is 14.8 Å². The van der Waals surface area contributed by atoms with Crippen LogP contribution in [0.1, 0.15) is 15.9 Å². The second kappa shape index (κ2) is 6.78. The van der Waals surface area contributed by atoms with Gasteiger partial charge in [-0.2, -0.15) is 0 Å². The molecule has 2 rings (SSSR count). The van der Waals surface area contributed by atoms with Crippen molar-refractivity contribution in [2.45, 2.75) is 11.8 Å². The number of sulfonamides is 1. The Morgan fingerprint density at radius 3 is 2.48 bits per heavy atom. The molecule has 0 heterocycles. The maximum absolute atomic E-state index is 12.5. The number of esters is 1. The summed E-state index contributed by atoms with van der Waals surface area (Å²) in [7, 11) is -2.71. The third-order valence-electron chi connectivity index (χ3n) is 3.10. The number of carbonyl (C=O) groups excluding carboxylic acids is 1. The van der Waals surface area contributed by atoms with Crippen LogP contribution >= 0.6 is 23.2 Å². The molecule has 122 valence electrons. The van der Waals surface area contributed by atoms with E-state index in [0.717, 1.165) is 0 Å². The number of ether oxygens (including phenoxy) is 1. The molecular weight excluding hydrogens is 361 g/mol. The summed E-state index contributed by atoms with van der Waals surface area (Å²) in [6, 6.07) is 8.60. The first-order chi connectivity index (χ1) is 10.7. The summed E-state index contributed by atoms with van der Waals surface area (Å²) in [6.07, 6.45) is 0. The van der Waals surface area contributed by atoms with Crippen molar-refractivity contribution < 1.29 is 17.9 Å². The standard InChI is InChI=1S/C15H13Cl2NO4S/c1-9-3-5-11(8-12(9)15(19)22-2)23(20,21)18-14-7-10(16)4-6-13(14)17/h3-8,18H,1-2H3. The highest BCUT2D eigenvalue weighted by Gasteiger charge is 2.19. The zero-order valence-electron chi connectivity index (χ0n) is 12.3. The van der Waals surface area contributed by atoms with E-state index in [4.69, 9.17) is 23.2 Å². The van der Waals surface area contributed by atoms with Crippen LogP contribution in [0.2, 0.25) is 10.0 Å². The fourth-order valence-electron chi connectivity index (χ4n) is 1.88. The van der Waals surface area contributed by atoms with Gasteiger partial charge in [0, 0.05) is 5.02 Å². The molecule has 0 aliphatic heterocycles. The molecule has 0 aromatic heterocycles. The summed E-state index contributed by atoms with van der Waals surface area (Å²) in [5.41, 5.74) is 0.934. The van der Waals surface area contributed by atoms with Crippen LogP contribution in [0.3, 0.4) is 0 Å². The Morgan fingerprint density at radius 1 is 1.13 bits per heavy atom. The summed E-state index contributed by atoms with van der Waals surface area (Å²) >= 11 is 11.8. The minimum absolute atomic E-state index is 0.0838. The highest BCUT2D eigenvalue weighted by atomic mass is 35.5. The number of nitrogens with one attached hydrogen (secondary N) is 1. The highest BCUT2D eigenvalue weighted by molar-refractivity contribution is 7.92. The molecule has 0 unspecified atom stereocenters. The van der Waals surface area contributed by atoms with Crippen LogP contribution < -0.4 is 4.72 Å². The molecule has 0 fully saturated rings. The predicted octanol–water partition coefficient (Wildman–Crippen LogP) is 3.89. The number of methoxy groups -OCH3 is 1. The fourth-order valence-corrected chi connectivity index (χ4v) is 3.37. The third-order valence-corrected chi connectivity index (χ3v) is 5.03. The first kappa shape index (κ1) is 17.6. The van der Waals surface area contributed by atoms with E-state index >= 15 is 0 Å². The lowest BCUT2D eigenvalue weighted by Gasteiger charge is -2.12. The van der Waals surface area contributed by atoms with E-state index in [-0.39, 0.29) is 21.2 Å². The Kier molecular flexibility index (Phi) is 5.19. The van der Waals surface area contributed by atoms with Gasteiger partial charge in [0.1, 0.15) is 0 Å². The van der Waals surface area contributed by atoms with Crippen molar-refractivity contribution in [3.05, 3.63) is 57.6 Å². The Bertz CT molecular complexity index is 866. The lowest BCUT2D eigenvalue weighted by atomic mass is 10.1. The summed E-state index contributed by atoms with van der Waals surface area (Å²) in [6.45, 7) is 1.68. The quantitative estimate of drug-likeness (QED) is 0.825. The van der Waals surface area contributed by atoms with Crippen LogP contribution in [-0.4, -0.2) is 21.5 Å². The first-order valence-corrected chi connectivity index (χ1v) is 8.65. The van der Waals surface area contributed by atoms with Crippen molar-refractivity contribution in [2.24, 2.45) is 0 Å². The van der Waals surface area contributed by atoms with Gasteiger partial charge in [-0.15, -0.1) is 0 Å². The Morgan fingerprint density at radius 2 is 1.83 bits per heavy atom. The molecule has 2 aromatic carbocycles. The highest BCUT2D eigenvalue weighted by Crippen LogP contribution is 2.28. The number of anilines is 1. The number of benzene rings is 2. The van der Waals surface area contributed by atoms with Crippen LogP contribution in [0.25, 0.3) is 0 Å². The van der Waals surface area contributed by atoms with Crippen molar-refractivity contribution in [2.75, 3.05) is 11.8 Å². The Hall–Kier alpha value is -1.76. The van der Waals surface area contributed by atoms with Crippen LogP contribution in [0.4, 0.5) is 5.69 Å². The van der Waals surface area contributed by atoms with Crippen molar-refractivity contribution >= 4 is 44.9 Å². The lowest BCUT2D eigenvalue weighted by Crippen LogP contribution is -2.15. The predicted molar refractivity (Wildman–Crippen MR) is 89.8 cm³/mol. The monoisotopic (exact) mass is 373 g/mol. The number of hydrogen-bond acceptors (Lipinski definition) is 4. The van der Waals surface area contributed by atoms with Crippen molar-refractivity contribution in [3.63, 3.8) is 0 Å². The molecule has 0 saturated carbocycles. The van der Waals surface area contributed by atoms with E-state index in [9.17, 15) is 13.2 Å². The lowest BCUT2D eigenvalue weighted by molar-refractivity contribution is 0.0599. The molecule has 2 aromatic rings. The molecule has 0 radical (unpaired) electrons. The zero-order chi connectivity index (χ0) is 17.2. The molecule has 0 bridgehead atoms. The number of halogens is 2. The van der Waals surface area contributed by atoms with Crippen LogP contribution in [0, 0.1) is 6.92 Å². The molecule has 0 aliphatic rings. The zero-order valence-corrected chi connectivity index (χ0v) is 14.6. The van der Waals surface area contributed by atoms with Crippen molar-refractivity contribution in [3.8, 4) is 0 Å². The molecule has 0 amide bonds. The fraction of sp³-hybridized carbons (Fsp3) is 0.133. The van der Waals surface area contributed by atoms with E-state index < -0.39 is 16.0 Å². The molecule has 1 N–H and O–H groups in total. The van der Waals surface area contributed by atoms with E-state index in [1.54, 1.807) is 13.0 Å². The SMILES string of the molecule is COC(=O)c1cc(S(=O)(=O)Nc2cc(Cl)ccc2Cl)ccc1C. The van der Waals surface area contributed by atoms with Gasteiger partial charge in [-0.3, -0.25) is 4.72 Å². The molecule has 0 aliphatic carbocycles. The number of aryl methyl sites for hydroxylation is 1. The smallest absolute Gasteiger partial charge is 0.338 e. The molecule has 0 spiro atoms. The summed E-state index contributed by atoms with van der Waals surface area (Å²) in [5.74, 6) is -0.611. The largest absolute Gasteiger partial charge is 0.465 e. The van der Waals surface area contributed by atoms with Crippen LogP contribution in [0.5, 0.6) is 0 Å². The van der Waals surface area contributed by atoms with E-state index in [0.29, 0.717) is 10.6 Å². The van der Waals surface area contributed by atoms with Crippen molar-refractivity contribution in [1.29, 1.82) is 0 Å². The van der Waals surface area contributed by atoms with E-state index in [1.807, 2.05) is 0 Å².